The van der Waals surface area contributed by atoms with Crippen LogP contribution in [0.1, 0.15) is 61.1 Å². The lowest BCUT2D eigenvalue weighted by Gasteiger charge is -2.31. The Morgan fingerprint density at radius 2 is 1.17 bits per heavy atom. The van der Waals surface area contributed by atoms with E-state index in [1.165, 1.54) is 0 Å². The summed E-state index contributed by atoms with van der Waals surface area (Å²) in [7, 11) is 0. The topological polar surface area (TPSA) is 233 Å². The van der Waals surface area contributed by atoms with Crippen molar-refractivity contribution >= 4 is 29.8 Å². The Bertz CT molecular complexity index is 1880. The SMILES string of the molecule is CC(C)C[C@H](NC(=O)CNC(=O)OCc1ccccc1)C(=O)N[C@@H](CO)[C@@H](O)[C@@H](O)[C@H](O)C(=O)N[C@@H](CC(=O)OC(c1ccccc1)c1ccccc1)c1ccccc1. The predicted molar refractivity (Wildman–Crippen MR) is 216 cm³/mol. The van der Waals surface area contributed by atoms with Crippen molar-refractivity contribution in [3.05, 3.63) is 144 Å². The molecule has 4 aromatic rings. The summed E-state index contributed by atoms with van der Waals surface area (Å²) in [6, 6.07) is 31.7. The van der Waals surface area contributed by atoms with Gasteiger partial charge in [-0.05, 0) is 34.6 Å². The fraction of sp³-hybridized carbons (Fsp3) is 0.341. The van der Waals surface area contributed by atoms with Gasteiger partial charge in [0.05, 0.1) is 25.1 Å². The number of amides is 4. The van der Waals surface area contributed by atoms with E-state index in [2.05, 4.69) is 21.3 Å². The highest BCUT2D eigenvalue weighted by Gasteiger charge is 2.38. The molecule has 0 heterocycles. The van der Waals surface area contributed by atoms with Crippen LogP contribution in [0.2, 0.25) is 0 Å². The van der Waals surface area contributed by atoms with Crippen LogP contribution in [0.4, 0.5) is 4.79 Å². The molecular formula is C44H52N4O11. The number of aliphatic hydroxyl groups is 4. The van der Waals surface area contributed by atoms with E-state index in [1.807, 2.05) is 66.7 Å². The zero-order valence-corrected chi connectivity index (χ0v) is 32.8. The third-order valence-electron chi connectivity index (χ3n) is 9.19. The van der Waals surface area contributed by atoms with Crippen LogP contribution >= 0.6 is 0 Å². The first-order valence-electron chi connectivity index (χ1n) is 19.2. The number of benzene rings is 4. The van der Waals surface area contributed by atoms with E-state index in [4.69, 9.17) is 9.47 Å². The molecule has 0 aliphatic carbocycles. The number of carbonyl (C=O) groups is 5. The number of esters is 1. The van der Waals surface area contributed by atoms with Gasteiger partial charge in [0.1, 0.15) is 31.4 Å². The molecule has 0 aliphatic rings. The molecule has 15 heteroatoms. The van der Waals surface area contributed by atoms with Gasteiger partial charge in [0.2, 0.25) is 11.8 Å². The Kier molecular flexibility index (Phi) is 18.0. The molecule has 314 valence electrons. The second-order valence-corrected chi connectivity index (χ2v) is 14.3. The largest absolute Gasteiger partial charge is 0.452 e. The Labute approximate surface area is 342 Å². The van der Waals surface area contributed by atoms with Gasteiger partial charge in [-0.2, -0.15) is 0 Å². The molecule has 0 fully saturated rings. The smallest absolute Gasteiger partial charge is 0.407 e. The van der Waals surface area contributed by atoms with Crippen LogP contribution in [0.25, 0.3) is 0 Å². The Hall–Kier alpha value is -6.13. The van der Waals surface area contributed by atoms with Crippen molar-refractivity contribution < 1.29 is 53.9 Å². The Morgan fingerprint density at radius 3 is 1.69 bits per heavy atom. The monoisotopic (exact) mass is 812 g/mol. The minimum absolute atomic E-state index is 0.0211. The van der Waals surface area contributed by atoms with Crippen LogP contribution in [-0.4, -0.2) is 93.8 Å². The lowest BCUT2D eigenvalue weighted by molar-refractivity contribution is -0.149. The lowest BCUT2D eigenvalue weighted by atomic mass is 9.98. The van der Waals surface area contributed by atoms with E-state index in [0.717, 1.165) is 16.7 Å². The van der Waals surface area contributed by atoms with Crippen LogP contribution in [0.3, 0.4) is 0 Å². The van der Waals surface area contributed by atoms with Crippen LogP contribution in [0, 0.1) is 5.92 Å². The summed E-state index contributed by atoms with van der Waals surface area (Å²) < 4.78 is 11.0. The first-order valence-corrected chi connectivity index (χ1v) is 19.2. The second kappa shape index (κ2) is 23.3. The molecule has 0 unspecified atom stereocenters. The molecule has 15 nitrogen and oxygen atoms in total. The molecule has 0 saturated carbocycles. The van der Waals surface area contributed by atoms with Crippen molar-refractivity contribution in [3.8, 4) is 0 Å². The van der Waals surface area contributed by atoms with Gasteiger partial charge < -0.3 is 51.2 Å². The Morgan fingerprint density at radius 1 is 0.644 bits per heavy atom. The maximum Gasteiger partial charge on any atom is 0.407 e. The lowest BCUT2D eigenvalue weighted by Crippen LogP contribution is -2.59. The van der Waals surface area contributed by atoms with Crippen molar-refractivity contribution in [1.29, 1.82) is 0 Å². The molecule has 4 rings (SSSR count). The summed E-state index contributed by atoms with van der Waals surface area (Å²) in [5.74, 6) is -3.56. The standard InChI is InChI=1S/C44H52N4O11/c1-28(2)23-34(46-36(50)25-45-44(57)58-27-29-15-7-3-8-16-29)42(55)48-35(26-49)38(52)39(53)40(54)43(56)47-33(30-17-9-4-10-18-30)24-37(51)59-41(31-19-11-5-12-20-31)32-21-13-6-14-22-32/h3-22,28,33-35,38-41,49,52-54H,23-27H2,1-2H3,(H,45,57)(H,46,50)(H,47,56)(H,48,55)/t33-,34-,35-,38+,39+,40-/m0/s1. The molecule has 59 heavy (non-hydrogen) atoms. The van der Waals surface area contributed by atoms with Crippen LogP contribution < -0.4 is 21.3 Å². The zero-order chi connectivity index (χ0) is 42.7. The molecule has 8 N–H and O–H groups in total. The molecule has 4 aromatic carbocycles. The first-order chi connectivity index (χ1) is 28.4. The van der Waals surface area contributed by atoms with Crippen LogP contribution in [0.15, 0.2) is 121 Å². The minimum atomic E-state index is -2.29. The molecule has 0 spiro atoms. The quantitative estimate of drug-likeness (QED) is 0.0570. The van der Waals surface area contributed by atoms with Gasteiger partial charge in [0, 0.05) is 0 Å². The molecule has 0 aromatic heterocycles. The normalized spacial score (nSPS) is 14.2. The van der Waals surface area contributed by atoms with Crippen molar-refractivity contribution in [2.24, 2.45) is 5.92 Å². The van der Waals surface area contributed by atoms with Gasteiger partial charge in [0.25, 0.3) is 5.91 Å². The number of nitrogens with one attached hydrogen (secondary N) is 4. The predicted octanol–water partition coefficient (Wildman–Crippen LogP) is 2.58. The third kappa shape index (κ3) is 14.6. The average Bonchev–Trinajstić information content (AvgIpc) is 3.25. The second-order valence-electron chi connectivity index (χ2n) is 14.3. The van der Waals surface area contributed by atoms with Gasteiger partial charge in [-0.1, -0.05) is 135 Å². The highest BCUT2D eigenvalue weighted by atomic mass is 16.6. The van der Waals surface area contributed by atoms with Crippen molar-refractivity contribution in [3.63, 3.8) is 0 Å². The van der Waals surface area contributed by atoms with Crippen LogP contribution in [0.5, 0.6) is 0 Å². The Balaban J connectivity index is 1.37. The number of alkyl carbamates (subject to hydrolysis) is 1. The molecule has 0 bridgehead atoms. The fourth-order valence-electron chi connectivity index (χ4n) is 6.10. The first kappa shape index (κ1) is 45.6. The van der Waals surface area contributed by atoms with Gasteiger partial charge in [-0.15, -0.1) is 0 Å². The number of aliphatic hydroxyl groups excluding tert-OH is 4. The summed E-state index contributed by atoms with van der Waals surface area (Å²) in [4.78, 5) is 65.1. The van der Waals surface area contributed by atoms with Gasteiger partial charge in [0.15, 0.2) is 12.2 Å². The summed E-state index contributed by atoms with van der Waals surface area (Å²) in [6.07, 6.45) is -8.50. The molecule has 0 saturated heterocycles. The molecule has 0 aliphatic heterocycles. The van der Waals surface area contributed by atoms with Gasteiger partial charge >= 0.3 is 12.1 Å². The third-order valence-corrected chi connectivity index (χ3v) is 9.19. The number of hydrogen-bond donors (Lipinski definition) is 8. The van der Waals surface area contributed by atoms with E-state index in [9.17, 15) is 44.4 Å². The van der Waals surface area contributed by atoms with Crippen molar-refractivity contribution in [1.82, 2.24) is 21.3 Å². The minimum Gasteiger partial charge on any atom is -0.452 e. The van der Waals surface area contributed by atoms with E-state index in [1.54, 1.807) is 68.4 Å². The molecule has 4 amide bonds. The summed E-state index contributed by atoms with van der Waals surface area (Å²) in [5, 5.41) is 52.7. The maximum atomic E-state index is 13.5. The van der Waals surface area contributed by atoms with Gasteiger partial charge in [-0.3, -0.25) is 19.2 Å². The maximum absolute atomic E-state index is 13.5. The van der Waals surface area contributed by atoms with Crippen molar-refractivity contribution in [2.75, 3.05) is 13.2 Å². The highest BCUT2D eigenvalue weighted by molar-refractivity contribution is 5.89. The summed E-state index contributed by atoms with van der Waals surface area (Å²) >= 11 is 0. The van der Waals surface area contributed by atoms with E-state index in [-0.39, 0.29) is 25.4 Å². The molecular weight excluding hydrogens is 761 g/mol. The van der Waals surface area contributed by atoms with Crippen LogP contribution in [-0.2, 0) is 35.3 Å². The zero-order valence-electron chi connectivity index (χ0n) is 32.8. The van der Waals surface area contributed by atoms with E-state index in [0.29, 0.717) is 5.56 Å². The number of rotatable bonds is 21. The number of ether oxygens (including phenoxy) is 2. The van der Waals surface area contributed by atoms with E-state index < -0.39 is 85.5 Å². The van der Waals surface area contributed by atoms with Gasteiger partial charge in [-0.25, -0.2) is 4.79 Å². The summed E-state index contributed by atoms with van der Waals surface area (Å²) in [5.41, 5.74) is 2.66. The van der Waals surface area contributed by atoms with Crippen molar-refractivity contribution in [2.45, 2.75) is 75.8 Å². The molecule has 6 atom stereocenters. The molecule has 0 radical (unpaired) electrons. The highest BCUT2D eigenvalue weighted by Crippen LogP contribution is 2.28. The van der Waals surface area contributed by atoms with E-state index >= 15 is 0 Å². The average molecular weight is 813 g/mol. The number of carbonyl (C=O) groups excluding carboxylic acids is 5. The summed E-state index contributed by atoms with van der Waals surface area (Å²) in [6.45, 7) is 2.10. The number of hydrogen-bond acceptors (Lipinski definition) is 11. The fourth-order valence-corrected chi connectivity index (χ4v) is 6.10.